The molecule has 2 aromatic rings. The molecular formula is C22H25N3O3. The summed E-state index contributed by atoms with van der Waals surface area (Å²) < 4.78 is 0. The van der Waals surface area contributed by atoms with E-state index in [1.54, 1.807) is 17.0 Å². The third-order valence-corrected chi connectivity index (χ3v) is 5.79. The molecule has 0 radical (unpaired) electrons. The third kappa shape index (κ3) is 3.35. The van der Waals surface area contributed by atoms with Gasteiger partial charge in [-0.2, -0.15) is 0 Å². The number of nitro groups is 1. The number of amides is 1. The van der Waals surface area contributed by atoms with Crippen LogP contribution in [0.2, 0.25) is 0 Å². The first-order valence-electron chi connectivity index (χ1n) is 10.0. The molecule has 1 atom stereocenters. The highest BCUT2D eigenvalue weighted by Gasteiger charge is 2.32. The molecule has 1 amide bonds. The highest BCUT2D eigenvalue weighted by Crippen LogP contribution is 2.35. The quantitative estimate of drug-likeness (QED) is 0.579. The van der Waals surface area contributed by atoms with Gasteiger partial charge in [-0.15, -0.1) is 0 Å². The van der Waals surface area contributed by atoms with Gasteiger partial charge in [0.15, 0.2) is 0 Å². The van der Waals surface area contributed by atoms with Crippen LogP contribution in [0.1, 0.15) is 48.5 Å². The van der Waals surface area contributed by atoms with Gasteiger partial charge in [-0.1, -0.05) is 31.0 Å². The number of para-hydroxylation sites is 1. The minimum atomic E-state index is -0.363. The van der Waals surface area contributed by atoms with E-state index in [0.717, 1.165) is 56.4 Å². The van der Waals surface area contributed by atoms with Gasteiger partial charge in [0, 0.05) is 36.4 Å². The summed E-state index contributed by atoms with van der Waals surface area (Å²) in [4.78, 5) is 28.5. The minimum Gasteiger partial charge on any atom is -0.366 e. The second kappa shape index (κ2) is 7.62. The van der Waals surface area contributed by atoms with Crippen LogP contribution in [-0.4, -0.2) is 30.0 Å². The van der Waals surface area contributed by atoms with Crippen LogP contribution in [0.4, 0.5) is 17.1 Å². The summed E-state index contributed by atoms with van der Waals surface area (Å²) >= 11 is 0. The molecule has 0 spiro atoms. The van der Waals surface area contributed by atoms with E-state index in [2.05, 4.69) is 4.90 Å². The van der Waals surface area contributed by atoms with Crippen LogP contribution >= 0.6 is 0 Å². The van der Waals surface area contributed by atoms with E-state index >= 15 is 0 Å². The van der Waals surface area contributed by atoms with Crippen LogP contribution in [0, 0.1) is 10.1 Å². The van der Waals surface area contributed by atoms with Gasteiger partial charge in [0.05, 0.1) is 4.92 Å². The number of hydrogen-bond acceptors (Lipinski definition) is 4. The Balaban J connectivity index is 1.68. The molecule has 2 aromatic carbocycles. The fraction of sp³-hybridized carbons (Fsp3) is 0.409. The number of rotatable bonds is 3. The maximum Gasteiger partial charge on any atom is 0.293 e. The predicted molar refractivity (Wildman–Crippen MR) is 110 cm³/mol. The lowest BCUT2D eigenvalue weighted by atomic mass is 10.1. The lowest BCUT2D eigenvalue weighted by Gasteiger charge is -2.25. The molecule has 6 heteroatoms. The van der Waals surface area contributed by atoms with Crippen molar-refractivity contribution in [2.75, 3.05) is 22.9 Å². The molecule has 0 bridgehead atoms. The van der Waals surface area contributed by atoms with Crippen molar-refractivity contribution in [1.82, 2.24) is 0 Å². The number of nitro benzene ring substituents is 1. The third-order valence-electron chi connectivity index (χ3n) is 5.79. The van der Waals surface area contributed by atoms with Crippen LogP contribution in [0.25, 0.3) is 0 Å². The normalized spacial score (nSPS) is 19.2. The average Bonchev–Trinajstić information content (AvgIpc) is 2.85. The van der Waals surface area contributed by atoms with Gasteiger partial charge in [0.2, 0.25) is 0 Å². The molecular weight excluding hydrogens is 354 g/mol. The van der Waals surface area contributed by atoms with Crippen LogP contribution in [0.15, 0.2) is 42.5 Å². The summed E-state index contributed by atoms with van der Waals surface area (Å²) in [6.07, 6.45) is 5.20. The van der Waals surface area contributed by atoms with Gasteiger partial charge in [0.1, 0.15) is 5.69 Å². The molecule has 28 heavy (non-hydrogen) atoms. The average molecular weight is 379 g/mol. The fourth-order valence-electron chi connectivity index (χ4n) is 4.40. The first-order chi connectivity index (χ1) is 13.6. The molecule has 6 nitrogen and oxygen atoms in total. The van der Waals surface area contributed by atoms with Crippen LogP contribution in [0.5, 0.6) is 0 Å². The summed E-state index contributed by atoms with van der Waals surface area (Å²) in [5, 5.41) is 11.8. The highest BCUT2D eigenvalue weighted by atomic mass is 16.6. The van der Waals surface area contributed by atoms with Crippen molar-refractivity contribution in [3.05, 3.63) is 63.7 Å². The van der Waals surface area contributed by atoms with Gasteiger partial charge in [-0.3, -0.25) is 14.9 Å². The molecule has 2 aliphatic heterocycles. The molecule has 1 unspecified atom stereocenters. The number of nitrogens with zero attached hydrogens (tertiary/aromatic N) is 3. The molecule has 2 aliphatic rings. The van der Waals surface area contributed by atoms with Crippen LogP contribution in [0.3, 0.4) is 0 Å². The maximum absolute atomic E-state index is 13.2. The van der Waals surface area contributed by atoms with Crippen molar-refractivity contribution in [2.24, 2.45) is 0 Å². The second-order valence-corrected chi connectivity index (χ2v) is 7.72. The van der Waals surface area contributed by atoms with Crippen molar-refractivity contribution < 1.29 is 9.72 Å². The molecule has 146 valence electrons. The fourth-order valence-corrected chi connectivity index (χ4v) is 4.40. The van der Waals surface area contributed by atoms with Crippen molar-refractivity contribution in [1.29, 1.82) is 0 Å². The molecule has 0 saturated carbocycles. The first kappa shape index (κ1) is 18.5. The molecule has 1 fully saturated rings. The van der Waals surface area contributed by atoms with Crippen molar-refractivity contribution in [3.63, 3.8) is 0 Å². The lowest BCUT2D eigenvalue weighted by Crippen LogP contribution is -2.35. The van der Waals surface area contributed by atoms with Crippen molar-refractivity contribution in [2.45, 2.75) is 45.1 Å². The number of anilines is 2. The topological polar surface area (TPSA) is 66.7 Å². The van der Waals surface area contributed by atoms with E-state index in [1.165, 1.54) is 6.07 Å². The van der Waals surface area contributed by atoms with E-state index in [9.17, 15) is 14.9 Å². The van der Waals surface area contributed by atoms with Gasteiger partial charge >= 0.3 is 0 Å². The van der Waals surface area contributed by atoms with Gasteiger partial charge in [-0.05, 0) is 49.9 Å². The Morgan fingerprint density at radius 2 is 1.75 bits per heavy atom. The van der Waals surface area contributed by atoms with E-state index in [1.807, 2.05) is 31.2 Å². The minimum absolute atomic E-state index is 0.0212. The molecule has 0 N–H and O–H groups in total. The zero-order chi connectivity index (χ0) is 19.7. The number of benzene rings is 2. The highest BCUT2D eigenvalue weighted by molar-refractivity contribution is 6.08. The second-order valence-electron chi connectivity index (χ2n) is 7.72. The summed E-state index contributed by atoms with van der Waals surface area (Å²) in [5.41, 5.74) is 3.05. The summed E-state index contributed by atoms with van der Waals surface area (Å²) in [5.74, 6) is -0.178. The largest absolute Gasteiger partial charge is 0.366 e. The Labute approximate surface area is 164 Å². The molecule has 0 aliphatic carbocycles. The maximum atomic E-state index is 13.2. The molecule has 4 rings (SSSR count). The number of fused-ring (bicyclic) bond motifs is 1. The summed E-state index contributed by atoms with van der Waals surface area (Å²) in [6, 6.07) is 12.8. The molecule has 1 saturated heterocycles. The summed E-state index contributed by atoms with van der Waals surface area (Å²) in [7, 11) is 0. The van der Waals surface area contributed by atoms with E-state index in [-0.39, 0.29) is 22.6 Å². The summed E-state index contributed by atoms with van der Waals surface area (Å²) in [6.45, 7) is 3.66. The smallest absolute Gasteiger partial charge is 0.293 e. The Morgan fingerprint density at radius 1 is 1.04 bits per heavy atom. The van der Waals surface area contributed by atoms with Crippen molar-refractivity contribution in [3.8, 4) is 0 Å². The molecule has 0 aromatic heterocycles. The predicted octanol–water partition coefficient (Wildman–Crippen LogP) is 4.57. The van der Waals surface area contributed by atoms with E-state index in [0.29, 0.717) is 11.3 Å². The zero-order valence-corrected chi connectivity index (χ0v) is 16.1. The van der Waals surface area contributed by atoms with E-state index in [4.69, 9.17) is 0 Å². The lowest BCUT2D eigenvalue weighted by molar-refractivity contribution is -0.384. The number of carbonyl (C=O) groups is 1. The Hall–Kier alpha value is -2.89. The van der Waals surface area contributed by atoms with Gasteiger partial charge in [0.25, 0.3) is 11.6 Å². The van der Waals surface area contributed by atoms with Crippen LogP contribution < -0.4 is 9.80 Å². The van der Waals surface area contributed by atoms with E-state index < -0.39 is 0 Å². The van der Waals surface area contributed by atoms with Gasteiger partial charge < -0.3 is 9.80 Å². The van der Waals surface area contributed by atoms with Crippen molar-refractivity contribution >= 4 is 23.0 Å². The Bertz CT molecular complexity index is 904. The monoisotopic (exact) mass is 379 g/mol. The SMILES string of the molecule is CC1Cc2ccccc2N1C(=O)c1ccc(N2CCCCCC2)c([N+](=O)[O-])c1. The zero-order valence-electron chi connectivity index (χ0n) is 16.1. The number of hydrogen-bond donors (Lipinski definition) is 0. The molecule has 2 heterocycles. The first-order valence-corrected chi connectivity index (χ1v) is 10.0. The standard InChI is InChI=1S/C22H25N3O3/c1-16-14-17-8-4-5-9-19(17)24(16)22(26)18-10-11-20(21(15-18)25(27)28)23-12-6-2-3-7-13-23/h4-5,8-11,15-16H,2-3,6-7,12-14H2,1H3. The number of carbonyl (C=O) groups excluding carboxylic acids is 1. The van der Waals surface area contributed by atoms with Crippen LogP contribution in [-0.2, 0) is 6.42 Å². The Kier molecular flexibility index (Phi) is 5.03. The van der Waals surface area contributed by atoms with Gasteiger partial charge in [-0.25, -0.2) is 0 Å². The Morgan fingerprint density at radius 3 is 2.46 bits per heavy atom.